The minimum atomic E-state index is -5.06. The highest BCUT2D eigenvalue weighted by atomic mass is 19.4. The topological polar surface area (TPSA) is 15.3 Å². The van der Waals surface area contributed by atoms with Crippen LogP contribution in [-0.4, -0.2) is 37.3 Å². The smallest absolute Gasteiger partial charge is 0.314 e. The first-order valence-electron chi connectivity index (χ1n) is 6.49. The third-order valence-corrected chi connectivity index (χ3v) is 3.44. The van der Waals surface area contributed by atoms with E-state index < -0.39 is 35.3 Å². The molecule has 1 aliphatic heterocycles. The molecule has 1 atom stereocenters. The molecule has 2 nitrogen and oxygen atoms in total. The quantitative estimate of drug-likeness (QED) is 0.837. The highest BCUT2D eigenvalue weighted by molar-refractivity contribution is 5.34. The lowest BCUT2D eigenvalue weighted by Crippen LogP contribution is -2.49. The van der Waals surface area contributed by atoms with Crippen molar-refractivity contribution < 1.29 is 30.7 Å². The third-order valence-electron chi connectivity index (χ3n) is 3.44. The van der Waals surface area contributed by atoms with E-state index in [2.05, 4.69) is 5.32 Å². The van der Waals surface area contributed by atoms with Crippen molar-refractivity contribution in [2.24, 2.45) is 0 Å². The number of halogens is 7. The monoisotopic (exact) mass is 330 g/mol. The zero-order chi connectivity index (χ0) is 16.5. The molecule has 1 aromatic carbocycles. The lowest BCUT2D eigenvalue weighted by Gasteiger charge is -2.37. The maximum Gasteiger partial charge on any atom is 0.416 e. The molecule has 0 unspecified atom stereocenters. The fourth-order valence-electron chi connectivity index (χ4n) is 2.53. The molecule has 1 heterocycles. The minimum absolute atomic E-state index is 0.0428. The van der Waals surface area contributed by atoms with Crippen LogP contribution < -0.4 is 5.32 Å². The van der Waals surface area contributed by atoms with Gasteiger partial charge in [0.15, 0.2) is 0 Å². The van der Waals surface area contributed by atoms with Gasteiger partial charge < -0.3 is 5.32 Å². The molecule has 0 saturated carbocycles. The van der Waals surface area contributed by atoms with Gasteiger partial charge in [0.25, 0.3) is 0 Å². The molecular formula is C13H13F7N2. The molecule has 2 rings (SSSR count). The zero-order valence-corrected chi connectivity index (χ0v) is 11.2. The van der Waals surface area contributed by atoms with E-state index in [-0.39, 0.29) is 32.2 Å². The first-order chi connectivity index (χ1) is 10.1. The summed E-state index contributed by atoms with van der Waals surface area (Å²) in [5.41, 5.74) is -2.56. The van der Waals surface area contributed by atoms with Crippen molar-refractivity contribution in [3.05, 3.63) is 35.1 Å². The maximum atomic E-state index is 13.3. The van der Waals surface area contributed by atoms with Crippen LogP contribution in [0.15, 0.2) is 18.2 Å². The third kappa shape index (κ3) is 3.70. The van der Waals surface area contributed by atoms with Gasteiger partial charge in [0.1, 0.15) is 11.9 Å². The second-order valence-corrected chi connectivity index (χ2v) is 4.96. The molecule has 0 radical (unpaired) electrons. The summed E-state index contributed by atoms with van der Waals surface area (Å²) < 4.78 is 92.0. The molecule has 1 aromatic rings. The summed E-state index contributed by atoms with van der Waals surface area (Å²) in [4.78, 5) is 0.930. The summed E-state index contributed by atoms with van der Waals surface area (Å²) in [6.45, 7) is 0.405. The van der Waals surface area contributed by atoms with Gasteiger partial charge in [-0.15, -0.1) is 0 Å². The van der Waals surface area contributed by atoms with E-state index in [0.29, 0.717) is 12.1 Å². The number of hydrogen-bond acceptors (Lipinski definition) is 2. The fraction of sp³-hybridized carbons (Fsp3) is 0.538. The van der Waals surface area contributed by atoms with Crippen LogP contribution in [0.25, 0.3) is 0 Å². The van der Waals surface area contributed by atoms with Crippen molar-refractivity contribution in [1.82, 2.24) is 10.2 Å². The molecule has 124 valence electrons. The molecule has 9 heteroatoms. The van der Waals surface area contributed by atoms with E-state index in [4.69, 9.17) is 0 Å². The predicted octanol–water partition coefficient (Wildman–Crippen LogP) is 3.35. The average Bonchev–Trinajstić information content (AvgIpc) is 2.39. The van der Waals surface area contributed by atoms with Gasteiger partial charge in [0, 0.05) is 26.2 Å². The largest absolute Gasteiger partial charge is 0.416 e. The van der Waals surface area contributed by atoms with Gasteiger partial charge in [0.05, 0.1) is 5.56 Å². The summed E-state index contributed by atoms with van der Waals surface area (Å²) in [5.74, 6) is -1.22. The standard InChI is InChI=1S/C13H13F7N2/c14-8-1-2-9(10(7-8)12(15,16)17)11(13(18,19)20)22-5-3-21-4-6-22/h1-2,7,11,21H,3-6H2/t11-/m1/s1. The van der Waals surface area contributed by atoms with E-state index in [1.807, 2.05) is 0 Å². The van der Waals surface area contributed by atoms with Crippen LogP contribution in [0.2, 0.25) is 0 Å². The van der Waals surface area contributed by atoms with Crippen molar-refractivity contribution >= 4 is 0 Å². The average molecular weight is 330 g/mol. The lowest BCUT2D eigenvalue weighted by molar-refractivity contribution is -0.190. The van der Waals surface area contributed by atoms with Crippen LogP contribution in [0.3, 0.4) is 0 Å². The van der Waals surface area contributed by atoms with Gasteiger partial charge in [-0.2, -0.15) is 26.3 Å². The Labute approximate surface area is 121 Å². The number of piperazine rings is 1. The highest BCUT2D eigenvalue weighted by Crippen LogP contribution is 2.43. The number of alkyl halides is 6. The zero-order valence-electron chi connectivity index (χ0n) is 11.2. The van der Waals surface area contributed by atoms with E-state index in [0.717, 1.165) is 4.90 Å². The summed E-state index contributed by atoms with van der Waals surface area (Å²) in [6, 6.07) is -1.12. The van der Waals surface area contributed by atoms with Crippen LogP contribution in [0.4, 0.5) is 30.7 Å². The Morgan fingerprint density at radius 3 is 2.09 bits per heavy atom. The molecular weight excluding hydrogens is 317 g/mol. The van der Waals surface area contributed by atoms with E-state index in [1.165, 1.54) is 0 Å². The predicted molar refractivity (Wildman–Crippen MR) is 64.6 cm³/mol. The second-order valence-electron chi connectivity index (χ2n) is 4.96. The number of nitrogens with zero attached hydrogens (tertiary/aromatic N) is 1. The Morgan fingerprint density at radius 1 is 1.00 bits per heavy atom. The Kier molecular flexibility index (Phi) is 4.67. The van der Waals surface area contributed by atoms with Gasteiger partial charge in [-0.05, 0) is 17.7 Å². The molecule has 0 aromatic heterocycles. The first kappa shape index (κ1) is 17.0. The van der Waals surface area contributed by atoms with Gasteiger partial charge in [-0.25, -0.2) is 4.39 Å². The van der Waals surface area contributed by atoms with Crippen LogP contribution in [0, 0.1) is 5.82 Å². The van der Waals surface area contributed by atoms with E-state index >= 15 is 0 Å². The van der Waals surface area contributed by atoms with Gasteiger partial charge in [-0.3, -0.25) is 4.90 Å². The fourth-order valence-corrected chi connectivity index (χ4v) is 2.53. The van der Waals surface area contributed by atoms with Crippen molar-refractivity contribution in [2.75, 3.05) is 26.2 Å². The highest BCUT2D eigenvalue weighted by Gasteiger charge is 2.48. The number of rotatable bonds is 2. The molecule has 1 N–H and O–H groups in total. The molecule has 1 fully saturated rings. The maximum absolute atomic E-state index is 13.3. The van der Waals surface area contributed by atoms with Crippen molar-refractivity contribution in [3.63, 3.8) is 0 Å². The normalized spacial score (nSPS) is 19.2. The number of nitrogens with one attached hydrogen (secondary N) is 1. The molecule has 0 spiro atoms. The summed E-state index contributed by atoms with van der Waals surface area (Å²) >= 11 is 0. The number of hydrogen-bond donors (Lipinski definition) is 1. The number of benzene rings is 1. The Balaban J connectivity index is 2.52. The lowest BCUT2D eigenvalue weighted by atomic mass is 9.97. The van der Waals surface area contributed by atoms with E-state index in [9.17, 15) is 30.7 Å². The van der Waals surface area contributed by atoms with Crippen LogP contribution in [0.1, 0.15) is 17.2 Å². The van der Waals surface area contributed by atoms with Crippen LogP contribution >= 0.6 is 0 Å². The van der Waals surface area contributed by atoms with E-state index in [1.54, 1.807) is 0 Å². The van der Waals surface area contributed by atoms with Gasteiger partial charge in [0.2, 0.25) is 0 Å². The Bertz CT molecular complexity index is 518. The Morgan fingerprint density at radius 2 is 1.59 bits per heavy atom. The van der Waals surface area contributed by atoms with Crippen molar-refractivity contribution in [3.8, 4) is 0 Å². The minimum Gasteiger partial charge on any atom is -0.314 e. The molecule has 0 bridgehead atoms. The van der Waals surface area contributed by atoms with Crippen molar-refractivity contribution in [1.29, 1.82) is 0 Å². The van der Waals surface area contributed by atoms with Crippen LogP contribution in [-0.2, 0) is 6.18 Å². The molecule has 22 heavy (non-hydrogen) atoms. The summed E-state index contributed by atoms with van der Waals surface area (Å²) in [7, 11) is 0. The second kappa shape index (κ2) is 6.04. The van der Waals surface area contributed by atoms with Gasteiger partial charge >= 0.3 is 12.4 Å². The molecule has 1 aliphatic rings. The van der Waals surface area contributed by atoms with Crippen molar-refractivity contribution in [2.45, 2.75) is 18.4 Å². The van der Waals surface area contributed by atoms with Crippen LogP contribution in [0.5, 0.6) is 0 Å². The molecule has 0 aliphatic carbocycles. The summed E-state index contributed by atoms with van der Waals surface area (Å²) in [5, 5.41) is 2.84. The SMILES string of the molecule is Fc1ccc([C@@H](N2CCNCC2)C(F)(F)F)c(C(F)(F)F)c1. The molecule has 0 amide bonds. The summed E-state index contributed by atoms with van der Waals surface area (Å²) in [6.07, 6.45) is -9.95. The van der Waals surface area contributed by atoms with Gasteiger partial charge in [-0.1, -0.05) is 6.07 Å². The molecule has 1 saturated heterocycles. The first-order valence-corrected chi connectivity index (χ1v) is 6.49. The Hall–Kier alpha value is -1.35.